The fourth-order valence-corrected chi connectivity index (χ4v) is 8.87. The molecule has 3 atom stereocenters. The lowest BCUT2D eigenvalue weighted by Gasteiger charge is -2.23. The van der Waals surface area contributed by atoms with Crippen molar-refractivity contribution in [1.29, 1.82) is 0 Å². The predicted octanol–water partition coefficient (Wildman–Crippen LogP) is 7.71. The number of fused-ring (bicyclic) bond motifs is 1. The van der Waals surface area contributed by atoms with Crippen molar-refractivity contribution in [2.45, 2.75) is 110 Å². The van der Waals surface area contributed by atoms with Crippen LogP contribution in [0.15, 0.2) is 76.6 Å². The number of carbonyl (C=O) groups excluding carboxylic acids is 3. The first kappa shape index (κ1) is 45.7. The highest BCUT2D eigenvalue weighted by atomic mass is 32.2. The minimum Gasteiger partial charge on any atom is -0.465 e. The van der Waals surface area contributed by atoms with Crippen LogP contribution in [0, 0.1) is 13.8 Å². The molecule has 5 aromatic rings. The largest absolute Gasteiger partial charge is 0.465 e. The summed E-state index contributed by atoms with van der Waals surface area (Å²) in [5.41, 5.74) is 3.23. The molecular weight excluding hydrogens is 819 g/mol. The van der Waals surface area contributed by atoms with Gasteiger partial charge < -0.3 is 32.4 Å². The van der Waals surface area contributed by atoms with Crippen molar-refractivity contribution in [3.05, 3.63) is 122 Å². The number of methoxy groups -OCH3 is 2. The van der Waals surface area contributed by atoms with Crippen LogP contribution in [0.2, 0.25) is 0 Å². The zero-order chi connectivity index (χ0) is 45.2. The minimum atomic E-state index is -4.70. The van der Waals surface area contributed by atoms with Crippen LogP contribution in [-0.4, -0.2) is 73.5 Å². The maximum atomic E-state index is 14.6. The fraction of sp³-hybridized carbons (Fsp3) is 0.413. The van der Waals surface area contributed by atoms with Crippen molar-refractivity contribution in [1.82, 2.24) is 14.1 Å². The van der Waals surface area contributed by atoms with Gasteiger partial charge in [-0.25, -0.2) is 19.0 Å². The summed E-state index contributed by atoms with van der Waals surface area (Å²) in [5, 5.41) is -0.239. The molecule has 0 radical (unpaired) electrons. The predicted molar refractivity (Wildman–Crippen MR) is 229 cm³/mol. The van der Waals surface area contributed by atoms with Crippen molar-refractivity contribution in [2.24, 2.45) is 0 Å². The summed E-state index contributed by atoms with van der Waals surface area (Å²) in [6.45, 7) is 14.5. The van der Waals surface area contributed by atoms with E-state index in [-0.39, 0.29) is 57.8 Å². The van der Waals surface area contributed by atoms with E-state index in [2.05, 4.69) is 4.98 Å². The SMILES string of the molecule is COCn1c(OS(=O)(=O)c2c(C(C)C)cc(C(C)C)cc2C(C)C)nc2c(c(C(=O)OC)cn2[C@H]2C[C@H](OC(=O)c3ccc(C)cc3)[C@@H](COC(=O)c3ccc(C)cc3)O2)c1=O. The Morgan fingerprint density at radius 3 is 1.90 bits per heavy atom. The lowest BCUT2D eigenvalue weighted by atomic mass is 9.89. The van der Waals surface area contributed by atoms with Crippen LogP contribution >= 0.6 is 0 Å². The molecule has 0 N–H and O–H groups in total. The van der Waals surface area contributed by atoms with E-state index >= 15 is 0 Å². The molecule has 330 valence electrons. The van der Waals surface area contributed by atoms with E-state index in [0.29, 0.717) is 16.7 Å². The summed E-state index contributed by atoms with van der Waals surface area (Å²) in [6.07, 6.45) is -1.92. The second-order valence-electron chi connectivity index (χ2n) is 16.4. The quantitative estimate of drug-likeness (QED) is 0.0568. The molecule has 2 aromatic heterocycles. The lowest BCUT2D eigenvalue weighted by Crippen LogP contribution is -2.32. The number of rotatable bonds is 15. The number of hydrogen-bond donors (Lipinski definition) is 0. The monoisotopic (exact) mass is 871 g/mol. The second-order valence-corrected chi connectivity index (χ2v) is 17.8. The van der Waals surface area contributed by atoms with Crippen molar-refractivity contribution < 1.29 is 50.7 Å². The van der Waals surface area contributed by atoms with Gasteiger partial charge in [0, 0.05) is 19.7 Å². The molecule has 0 spiro atoms. The van der Waals surface area contributed by atoms with Gasteiger partial charge in [0.05, 0.1) is 29.2 Å². The Bertz CT molecular complexity index is 2620. The van der Waals surface area contributed by atoms with Crippen LogP contribution < -0.4 is 9.74 Å². The number of aryl methyl sites for hydroxylation is 2. The molecule has 0 amide bonds. The number of esters is 3. The van der Waals surface area contributed by atoms with Gasteiger partial charge in [0.25, 0.3) is 5.56 Å². The first-order valence-corrected chi connectivity index (χ1v) is 21.8. The summed E-state index contributed by atoms with van der Waals surface area (Å²) in [5.74, 6) is -2.54. The summed E-state index contributed by atoms with van der Waals surface area (Å²) >= 11 is 0. The molecule has 16 heteroatoms. The van der Waals surface area contributed by atoms with E-state index in [1.165, 1.54) is 17.9 Å². The Kier molecular flexibility index (Phi) is 13.7. The molecule has 3 aromatic carbocycles. The smallest absolute Gasteiger partial charge is 0.342 e. The standard InChI is InChI=1S/C46H53N3O12S/c1-25(2)32-19-33(26(3)4)40(34(20-32)27(5)6)62(54,55)61-46-47-41-39(42(50)49(46)24-56-9)35(45(53)57-10)22-48(41)38-21-36(60-44(52)31-17-13-29(8)14-18-31)37(59-38)23-58-43(51)30-15-11-28(7)12-16-30/h11-20,22,25-27,36-38H,21,23-24H2,1-10H3/t36-,37+,38+/m0/s1. The maximum absolute atomic E-state index is 14.6. The van der Waals surface area contributed by atoms with Gasteiger partial charge in [-0.15, -0.1) is 0 Å². The number of aromatic nitrogens is 3. The average molecular weight is 872 g/mol. The normalized spacial score (nSPS) is 16.6. The van der Waals surface area contributed by atoms with E-state index in [1.54, 1.807) is 48.5 Å². The Hall–Kier alpha value is -5.84. The Morgan fingerprint density at radius 1 is 0.823 bits per heavy atom. The van der Waals surface area contributed by atoms with Gasteiger partial charge in [-0.3, -0.25) is 4.79 Å². The highest BCUT2D eigenvalue weighted by Gasteiger charge is 2.42. The van der Waals surface area contributed by atoms with Crippen LogP contribution in [-0.2, 0) is 40.5 Å². The van der Waals surface area contributed by atoms with Crippen molar-refractivity contribution in [3.8, 4) is 6.01 Å². The average Bonchev–Trinajstić information content (AvgIpc) is 3.81. The highest BCUT2D eigenvalue weighted by Crippen LogP contribution is 2.38. The molecule has 15 nitrogen and oxygen atoms in total. The van der Waals surface area contributed by atoms with Gasteiger partial charge in [0.2, 0.25) is 0 Å². The number of hydrogen-bond acceptors (Lipinski definition) is 13. The zero-order valence-corrected chi connectivity index (χ0v) is 37.4. The van der Waals surface area contributed by atoms with E-state index in [1.807, 2.05) is 67.5 Å². The van der Waals surface area contributed by atoms with Crippen LogP contribution in [0.1, 0.15) is 131 Å². The third-order valence-electron chi connectivity index (χ3n) is 10.8. The van der Waals surface area contributed by atoms with Gasteiger partial charge in [-0.05, 0) is 72.6 Å². The molecule has 0 bridgehead atoms. The molecule has 3 heterocycles. The summed E-state index contributed by atoms with van der Waals surface area (Å²) < 4.78 is 65.7. The lowest BCUT2D eigenvalue weighted by molar-refractivity contribution is -0.0562. The summed E-state index contributed by atoms with van der Waals surface area (Å²) in [7, 11) is -2.25. The third kappa shape index (κ3) is 9.47. The van der Waals surface area contributed by atoms with Gasteiger partial charge >= 0.3 is 34.0 Å². The molecule has 62 heavy (non-hydrogen) atoms. The maximum Gasteiger partial charge on any atom is 0.342 e. The zero-order valence-electron chi connectivity index (χ0n) is 36.6. The van der Waals surface area contributed by atoms with Gasteiger partial charge in [-0.1, -0.05) is 89.1 Å². The van der Waals surface area contributed by atoms with E-state index in [0.717, 1.165) is 28.4 Å². The van der Waals surface area contributed by atoms with E-state index in [9.17, 15) is 27.6 Å². The minimum absolute atomic E-state index is 0.0313. The molecule has 1 fully saturated rings. The van der Waals surface area contributed by atoms with Crippen LogP contribution in [0.4, 0.5) is 0 Å². The molecular formula is C46H53N3O12S. The van der Waals surface area contributed by atoms with Gasteiger partial charge in [0.1, 0.15) is 36.7 Å². The number of ether oxygens (including phenoxy) is 5. The molecule has 0 saturated carbocycles. The van der Waals surface area contributed by atoms with Crippen LogP contribution in [0.5, 0.6) is 6.01 Å². The summed E-state index contributed by atoms with van der Waals surface area (Å²) in [4.78, 5) is 58.9. The Balaban J connectivity index is 1.46. The van der Waals surface area contributed by atoms with Gasteiger partial charge in [0.15, 0.2) is 5.65 Å². The first-order chi connectivity index (χ1) is 29.3. The van der Waals surface area contributed by atoms with Gasteiger partial charge in [-0.2, -0.15) is 13.4 Å². The van der Waals surface area contributed by atoms with Crippen molar-refractivity contribution in [2.75, 3.05) is 20.8 Å². The fourth-order valence-electron chi connectivity index (χ4n) is 7.29. The Morgan fingerprint density at radius 2 is 1.39 bits per heavy atom. The molecule has 0 unspecified atom stereocenters. The van der Waals surface area contributed by atoms with Crippen molar-refractivity contribution in [3.63, 3.8) is 0 Å². The summed E-state index contributed by atoms with van der Waals surface area (Å²) in [6, 6.07) is 16.6. The van der Waals surface area contributed by atoms with E-state index < -0.39 is 64.8 Å². The topological polar surface area (TPSA) is 181 Å². The molecule has 1 aliphatic rings. The van der Waals surface area contributed by atoms with E-state index in [4.69, 9.17) is 27.9 Å². The highest BCUT2D eigenvalue weighted by molar-refractivity contribution is 7.87. The second kappa shape index (κ2) is 18.6. The molecule has 1 saturated heterocycles. The van der Waals surface area contributed by atoms with Crippen LogP contribution in [0.25, 0.3) is 11.0 Å². The molecule has 1 aliphatic heterocycles. The number of carbonyl (C=O) groups is 3. The third-order valence-corrected chi connectivity index (χ3v) is 12.1. The molecule has 6 rings (SSSR count). The van der Waals surface area contributed by atoms with Crippen LogP contribution in [0.3, 0.4) is 0 Å². The van der Waals surface area contributed by atoms with Crippen molar-refractivity contribution >= 4 is 39.1 Å². The Labute approximate surface area is 361 Å². The number of benzene rings is 3. The molecule has 0 aliphatic carbocycles. The first-order valence-electron chi connectivity index (χ1n) is 20.4. The number of nitrogens with zero attached hydrogens (tertiary/aromatic N) is 3.